The van der Waals surface area contributed by atoms with Gasteiger partial charge in [0.05, 0.1) is 6.10 Å². The Morgan fingerprint density at radius 1 is 1.24 bits per heavy atom. The zero-order chi connectivity index (χ0) is 11.8. The first kappa shape index (κ1) is 11.0. The van der Waals surface area contributed by atoms with Gasteiger partial charge in [0, 0.05) is 12.0 Å². The van der Waals surface area contributed by atoms with E-state index in [0.29, 0.717) is 23.7 Å². The van der Waals surface area contributed by atoms with Gasteiger partial charge in [0.25, 0.3) is 0 Å². The second-order valence-electron chi connectivity index (χ2n) is 5.13. The molecule has 3 rings (SSSR count). The molecule has 1 aliphatic carbocycles. The van der Waals surface area contributed by atoms with Crippen molar-refractivity contribution in [2.75, 3.05) is 0 Å². The van der Waals surface area contributed by atoms with Crippen LogP contribution < -0.4 is 4.74 Å². The molecule has 1 heterocycles. The Kier molecular flexibility index (Phi) is 2.79. The van der Waals surface area contributed by atoms with E-state index in [9.17, 15) is 9.50 Å². The summed E-state index contributed by atoms with van der Waals surface area (Å²) in [4.78, 5) is 0. The number of hydrogen-bond donors (Lipinski definition) is 1. The normalized spacial score (nSPS) is 28.8. The molecule has 1 saturated carbocycles. The number of ether oxygens (including phenoxy) is 1. The molecule has 2 atom stereocenters. The molecule has 2 aliphatic rings. The average molecular weight is 236 g/mol. The van der Waals surface area contributed by atoms with Crippen molar-refractivity contribution in [1.29, 1.82) is 0 Å². The average Bonchev–Trinajstić information content (AvgIpc) is 2.83. The van der Waals surface area contributed by atoms with Gasteiger partial charge in [0.15, 0.2) is 0 Å². The molecule has 2 nitrogen and oxygen atoms in total. The molecule has 3 heteroatoms. The Morgan fingerprint density at radius 2 is 2.00 bits per heavy atom. The molecule has 0 amide bonds. The second-order valence-corrected chi connectivity index (χ2v) is 5.13. The van der Waals surface area contributed by atoms with E-state index in [1.807, 2.05) is 0 Å². The minimum atomic E-state index is -0.583. The number of aliphatic hydroxyl groups excluding tert-OH is 1. The van der Waals surface area contributed by atoms with E-state index in [0.717, 1.165) is 0 Å². The van der Waals surface area contributed by atoms with Gasteiger partial charge in [-0.05, 0) is 37.0 Å². The van der Waals surface area contributed by atoms with Crippen LogP contribution in [0.15, 0.2) is 18.2 Å². The van der Waals surface area contributed by atoms with Crippen LogP contribution in [0.5, 0.6) is 5.75 Å². The molecular weight excluding hydrogens is 219 g/mol. The van der Waals surface area contributed by atoms with E-state index in [2.05, 4.69) is 0 Å². The Morgan fingerprint density at radius 3 is 2.76 bits per heavy atom. The summed E-state index contributed by atoms with van der Waals surface area (Å²) in [6.45, 7) is 0. The first-order chi connectivity index (χ1) is 8.24. The highest BCUT2D eigenvalue weighted by molar-refractivity contribution is 5.37. The number of fused-ring (bicyclic) bond motifs is 1. The minimum Gasteiger partial charge on any atom is -0.490 e. The van der Waals surface area contributed by atoms with Crippen LogP contribution >= 0.6 is 0 Å². The van der Waals surface area contributed by atoms with E-state index in [4.69, 9.17) is 4.74 Å². The standard InChI is InChI=1S/C14H17FO2/c15-10-5-6-13-11(7-10)12(16)8-14(17-13)9-3-1-2-4-9/h5-7,9,12,14,16H,1-4,8H2/t12-,14?/m1/s1. The van der Waals surface area contributed by atoms with Crippen LogP contribution in [0, 0.1) is 11.7 Å². The summed E-state index contributed by atoms with van der Waals surface area (Å²) in [7, 11) is 0. The molecule has 0 saturated heterocycles. The van der Waals surface area contributed by atoms with E-state index in [1.54, 1.807) is 6.07 Å². The molecule has 0 spiro atoms. The summed E-state index contributed by atoms with van der Waals surface area (Å²) < 4.78 is 19.0. The third-order valence-electron chi connectivity index (χ3n) is 3.99. The van der Waals surface area contributed by atoms with Gasteiger partial charge < -0.3 is 9.84 Å². The van der Waals surface area contributed by atoms with Gasteiger partial charge >= 0.3 is 0 Å². The Bertz CT molecular complexity index is 413. The van der Waals surface area contributed by atoms with Crippen molar-refractivity contribution in [3.63, 3.8) is 0 Å². The highest BCUT2D eigenvalue weighted by Crippen LogP contribution is 2.41. The summed E-state index contributed by atoms with van der Waals surface area (Å²) in [6, 6.07) is 4.41. The number of halogens is 1. The topological polar surface area (TPSA) is 29.5 Å². The van der Waals surface area contributed by atoms with Gasteiger partial charge in [-0.3, -0.25) is 0 Å². The summed E-state index contributed by atoms with van der Waals surface area (Å²) in [5, 5.41) is 10.1. The Hall–Kier alpha value is -1.09. The summed E-state index contributed by atoms with van der Waals surface area (Å²) in [5.41, 5.74) is 0.597. The molecule has 1 aliphatic heterocycles. The molecule has 92 valence electrons. The number of hydrogen-bond acceptors (Lipinski definition) is 2. The maximum absolute atomic E-state index is 13.1. The predicted octanol–water partition coefficient (Wildman–Crippen LogP) is 3.20. The smallest absolute Gasteiger partial charge is 0.125 e. The van der Waals surface area contributed by atoms with Crippen LogP contribution in [-0.2, 0) is 0 Å². The lowest BCUT2D eigenvalue weighted by Gasteiger charge is -2.33. The van der Waals surface area contributed by atoms with Crippen LogP contribution in [0.3, 0.4) is 0 Å². The van der Waals surface area contributed by atoms with Gasteiger partial charge in [-0.2, -0.15) is 0 Å². The van der Waals surface area contributed by atoms with E-state index in [-0.39, 0.29) is 11.9 Å². The Labute approximate surface area is 100 Å². The predicted molar refractivity (Wildman–Crippen MR) is 62.4 cm³/mol. The van der Waals surface area contributed by atoms with Crippen LogP contribution in [0.4, 0.5) is 4.39 Å². The van der Waals surface area contributed by atoms with E-state index < -0.39 is 6.10 Å². The van der Waals surface area contributed by atoms with Gasteiger partial charge in [-0.15, -0.1) is 0 Å². The zero-order valence-electron chi connectivity index (χ0n) is 9.73. The van der Waals surface area contributed by atoms with Crippen molar-refractivity contribution in [2.24, 2.45) is 5.92 Å². The van der Waals surface area contributed by atoms with Crippen LogP contribution in [0.1, 0.15) is 43.8 Å². The Balaban J connectivity index is 1.84. The molecule has 1 unspecified atom stereocenters. The largest absolute Gasteiger partial charge is 0.490 e. The van der Waals surface area contributed by atoms with Crippen molar-refractivity contribution in [2.45, 2.75) is 44.3 Å². The summed E-state index contributed by atoms with van der Waals surface area (Å²) >= 11 is 0. The molecule has 0 aromatic heterocycles. The summed E-state index contributed by atoms with van der Waals surface area (Å²) in [5.74, 6) is 0.899. The third-order valence-corrected chi connectivity index (χ3v) is 3.99. The van der Waals surface area contributed by atoms with Crippen molar-refractivity contribution >= 4 is 0 Å². The van der Waals surface area contributed by atoms with Gasteiger partial charge in [0.2, 0.25) is 0 Å². The highest BCUT2D eigenvalue weighted by Gasteiger charge is 2.33. The van der Waals surface area contributed by atoms with Crippen molar-refractivity contribution < 1.29 is 14.2 Å². The summed E-state index contributed by atoms with van der Waals surface area (Å²) in [6.07, 6.45) is 5.02. The number of benzene rings is 1. The first-order valence-electron chi connectivity index (χ1n) is 6.38. The maximum atomic E-state index is 13.1. The number of rotatable bonds is 1. The van der Waals surface area contributed by atoms with Crippen LogP contribution in [0.2, 0.25) is 0 Å². The van der Waals surface area contributed by atoms with Gasteiger partial charge in [0.1, 0.15) is 17.7 Å². The fourth-order valence-electron chi connectivity index (χ4n) is 3.06. The highest BCUT2D eigenvalue weighted by atomic mass is 19.1. The van der Waals surface area contributed by atoms with Crippen molar-refractivity contribution in [3.05, 3.63) is 29.6 Å². The molecule has 1 N–H and O–H groups in total. The van der Waals surface area contributed by atoms with Gasteiger partial charge in [-0.25, -0.2) is 4.39 Å². The van der Waals surface area contributed by atoms with Gasteiger partial charge in [-0.1, -0.05) is 12.8 Å². The lowest BCUT2D eigenvalue weighted by Crippen LogP contribution is -2.31. The SMILES string of the molecule is O[C@@H]1CC(C2CCCC2)Oc2ccc(F)cc21. The maximum Gasteiger partial charge on any atom is 0.125 e. The van der Waals surface area contributed by atoms with Crippen LogP contribution in [0.25, 0.3) is 0 Å². The van der Waals surface area contributed by atoms with E-state index >= 15 is 0 Å². The third kappa shape index (κ3) is 2.04. The second kappa shape index (κ2) is 4.30. The lowest BCUT2D eigenvalue weighted by atomic mass is 9.90. The molecule has 0 bridgehead atoms. The van der Waals surface area contributed by atoms with Crippen molar-refractivity contribution in [3.8, 4) is 5.75 Å². The minimum absolute atomic E-state index is 0.102. The van der Waals surface area contributed by atoms with E-state index in [1.165, 1.54) is 37.8 Å². The van der Waals surface area contributed by atoms with Crippen molar-refractivity contribution in [1.82, 2.24) is 0 Å². The molecule has 1 aromatic rings. The first-order valence-corrected chi connectivity index (χ1v) is 6.38. The fourth-order valence-corrected chi connectivity index (χ4v) is 3.06. The zero-order valence-corrected chi connectivity index (χ0v) is 9.73. The quantitative estimate of drug-likeness (QED) is 0.811. The molecular formula is C14H17FO2. The monoisotopic (exact) mass is 236 g/mol. The molecule has 0 radical (unpaired) electrons. The molecule has 17 heavy (non-hydrogen) atoms. The van der Waals surface area contributed by atoms with Crippen LogP contribution in [-0.4, -0.2) is 11.2 Å². The molecule has 1 fully saturated rings. The lowest BCUT2D eigenvalue weighted by molar-refractivity contribution is 0.0353. The fraction of sp³-hybridized carbons (Fsp3) is 0.571. The number of aliphatic hydroxyl groups is 1. The molecule has 1 aromatic carbocycles.